The fraction of sp³-hybridized carbons (Fsp3) is 0.957. The third kappa shape index (κ3) is 37.2. The zero-order chi connectivity index (χ0) is 37.5. The van der Waals surface area contributed by atoms with Crippen molar-refractivity contribution in [2.45, 2.75) is 259 Å². The van der Waals surface area contributed by atoms with Crippen molar-refractivity contribution < 1.29 is 24.2 Å². The van der Waals surface area contributed by atoms with Crippen LogP contribution in [0.15, 0.2) is 0 Å². The minimum absolute atomic E-state index is 0. The van der Waals surface area contributed by atoms with E-state index in [1.54, 1.807) is 0 Å². The Morgan fingerprint density at radius 1 is 0.500 bits per heavy atom. The lowest BCUT2D eigenvalue weighted by Crippen LogP contribution is -2.37. The van der Waals surface area contributed by atoms with Gasteiger partial charge in [0.1, 0.15) is 6.10 Å². The Hall–Kier alpha value is -1.14. The van der Waals surface area contributed by atoms with Crippen molar-refractivity contribution >= 4 is 11.9 Å². The zero-order valence-electron chi connectivity index (χ0n) is 34.8. The van der Waals surface area contributed by atoms with E-state index in [1.165, 1.54) is 116 Å². The first kappa shape index (κ1) is 53.0. The maximum Gasteiger partial charge on any atom is 0.306 e. The molecule has 0 spiro atoms. The van der Waals surface area contributed by atoms with E-state index < -0.39 is 0 Å². The number of nitrogens with zero attached hydrogens (tertiary/aromatic N) is 1. The molecule has 0 bridgehead atoms. The summed E-state index contributed by atoms with van der Waals surface area (Å²) < 4.78 is 11.4. The molecule has 0 fully saturated rings. The molecule has 6 nitrogen and oxygen atoms in total. The van der Waals surface area contributed by atoms with Crippen molar-refractivity contribution in [1.29, 1.82) is 0 Å². The van der Waals surface area contributed by atoms with Gasteiger partial charge in [0.25, 0.3) is 0 Å². The second-order valence-electron chi connectivity index (χ2n) is 15.7. The Bertz CT molecular complexity index is 716. The van der Waals surface area contributed by atoms with E-state index in [2.05, 4.69) is 32.6 Å². The number of unbranched alkanes of at least 4 members (excludes halogenated alkanes) is 24. The van der Waals surface area contributed by atoms with E-state index in [0.29, 0.717) is 19.4 Å². The number of carbonyl (C=O) groups excluding carboxylic acids is 2. The predicted octanol–water partition coefficient (Wildman–Crippen LogP) is 13.7. The molecule has 1 unspecified atom stereocenters. The summed E-state index contributed by atoms with van der Waals surface area (Å²) in [6, 6.07) is 0.187. The van der Waals surface area contributed by atoms with Gasteiger partial charge in [-0.3, -0.25) is 14.5 Å². The van der Waals surface area contributed by atoms with Gasteiger partial charge in [0, 0.05) is 18.9 Å². The van der Waals surface area contributed by atoms with Gasteiger partial charge < -0.3 is 14.6 Å². The molecule has 312 valence electrons. The number of hydrogen-bond donors (Lipinski definition) is 1. The highest BCUT2D eigenvalue weighted by Crippen LogP contribution is 2.19. The molecule has 0 heterocycles. The minimum atomic E-state index is -0.0323. The topological polar surface area (TPSA) is 76.1 Å². The molecule has 0 aliphatic heterocycles. The average Bonchev–Trinajstić information content (AvgIpc) is 3.13. The van der Waals surface area contributed by atoms with Crippen LogP contribution in [-0.4, -0.2) is 60.4 Å². The summed E-state index contributed by atoms with van der Waals surface area (Å²) in [4.78, 5) is 27.2. The van der Waals surface area contributed by atoms with Crippen molar-refractivity contribution in [3.8, 4) is 0 Å². The van der Waals surface area contributed by atoms with Crippen molar-refractivity contribution in [3.63, 3.8) is 0 Å². The van der Waals surface area contributed by atoms with E-state index in [9.17, 15) is 14.7 Å². The third-order valence-corrected chi connectivity index (χ3v) is 10.6. The van der Waals surface area contributed by atoms with Crippen LogP contribution in [0.1, 0.15) is 247 Å². The van der Waals surface area contributed by atoms with Crippen LogP contribution >= 0.6 is 0 Å². The summed E-state index contributed by atoms with van der Waals surface area (Å²) in [7, 11) is 0. The molecule has 1 N–H and O–H groups in total. The first-order chi connectivity index (χ1) is 25.0. The Morgan fingerprint density at radius 3 is 1.31 bits per heavy atom. The van der Waals surface area contributed by atoms with Crippen LogP contribution in [0.2, 0.25) is 0 Å². The summed E-state index contributed by atoms with van der Waals surface area (Å²) in [5.74, 6) is -0.0197. The molecule has 1 atom stereocenters. The fourth-order valence-electron chi connectivity index (χ4n) is 7.03. The van der Waals surface area contributed by atoms with Crippen molar-refractivity contribution in [3.05, 3.63) is 0 Å². The van der Waals surface area contributed by atoms with E-state index in [4.69, 9.17) is 9.47 Å². The summed E-state index contributed by atoms with van der Waals surface area (Å²) in [5.41, 5.74) is 0. The van der Waals surface area contributed by atoms with Crippen LogP contribution < -0.4 is 0 Å². The molecule has 0 radical (unpaired) electrons. The van der Waals surface area contributed by atoms with Crippen LogP contribution in [0.4, 0.5) is 0 Å². The summed E-state index contributed by atoms with van der Waals surface area (Å²) in [6.07, 6.45) is 38.2. The molecule has 0 amide bonds. The Balaban J connectivity index is 0. The van der Waals surface area contributed by atoms with Gasteiger partial charge >= 0.3 is 11.9 Å². The number of aliphatic hydroxyl groups excluding tert-OH is 1. The van der Waals surface area contributed by atoms with E-state index >= 15 is 0 Å². The number of esters is 2. The van der Waals surface area contributed by atoms with Crippen LogP contribution in [0, 0.1) is 0 Å². The number of ether oxygens (including phenoxy) is 2. The maximum absolute atomic E-state index is 12.7. The predicted molar refractivity (Wildman–Crippen MR) is 225 cm³/mol. The summed E-state index contributed by atoms with van der Waals surface area (Å²) in [5, 5.41) is 9.81. The number of rotatable bonds is 41. The lowest BCUT2D eigenvalue weighted by molar-refractivity contribution is -0.150. The van der Waals surface area contributed by atoms with Gasteiger partial charge in [0.05, 0.1) is 13.2 Å². The zero-order valence-corrected chi connectivity index (χ0v) is 34.8. The monoisotopic (exact) mass is 740 g/mol. The Kier molecular flexibility index (Phi) is 43.4. The number of aliphatic hydroxyl groups is 1. The van der Waals surface area contributed by atoms with Gasteiger partial charge in [-0.05, 0) is 77.8 Å². The lowest BCUT2D eigenvalue weighted by Gasteiger charge is -2.27. The molecule has 0 aromatic rings. The average molecular weight is 740 g/mol. The number of hydrogen-bond acceptors (Lipinski definition) is 6. The smallest absolute Gasteiger partial charge is 0.306 e. The standard InChI is InChI=1S/C45H89NO5.CH4/c1-5-8-11-14-17-26-33-40-50-44(48)36-29-22-18-24-31-38-46(42(4)41-47)39-32-25-19-23-30-37-45(49)51-43(34-27-20-15-12-9-6-2)35-28-21-16-13-10-7-3;/h42-43,47H,5-41H2,1-4H3;1H4. The van der Waals surface area contributed by atoms with E-state index in [1.807, 2.05) is 0 Å². The fourth-order valence-corrected chi connectivity index (χ4v) is 7.03. The SMILES string of the molecule is C.CCCCCCCCCOC(=O)CCCCCCCN(CCCCCCCC(=O)OC(CCCCCCCC)CCCCCCCC)C(C)CO. The Morgan fingerprint density at radius 2 is 0.865 bits per heavy atom. The van der Waals surface area contributed by atoms with Crippen molar-refractivity contribution in [1.82, 2.24) is 4.90 Å². The molecule has 0 aliphatic carbocycles. The molecule has 0 rings (SSSR count). The lowest BCUT2D eigenvalue weighted by atomic mass is 10.0. The Labute approximate surface area is 325 Å². The van der Waals surface area contributed by atoms with Gasteiger partial charge in [0.2, 0.25) is 0 Å². The molecule has 52 heavy (non-hydrogen) atoms. The van der Waals surface area contributed by atoms with Gasteiger partial charge in [-0.15, -0.1) is 0 Å². The van der Waals surface area contributed by atoms with Crippen molar-refractivity contribution in [2.24, 2.45) is 0 Å². The summed E-state index contributed by atoms with van der Waals surface area (Å²) in [6.45, 7) is 11.7. The highest BCUT2D eigenvalue weighted by Gasteiger charge is 2.15. The third-order valence-electron chi connectivity index (χ3n) is 10.6. The van der Waals surface area contributed by atoms with Crippen molar-refractivity contribution in [2.75, 3.05) is 26.3 Å². The normalized spacial score (nSPS) is 12.0. The minimum Gasteiger partial charge on any atom is -0.466 e. The molecule has 0 aliphatic rings. The first-order valence-corrected chi connectivity index (χ1v) is 22.7. The quantitative estimate of drug-likeness (QED) is 0.0497. The first-order valence-electron chi connectivity index (χ1n) is 22.7. The maximum atomic E-state index is 12.7. The molecule has 0 saturated carbocycles. The van der Waals surface area contributed by atoms with E-state index in [-0.39, 0.29) is 38.1 Å². The highest BCUT2D eigenvalue weighted by atomic mass is 16.5. The van der Waals surface area contributed by atoms with Crippen LogP contribution in [0.25, 0.3) is 0 Å². The van der Waals surface area contributed by atoms with Crippen LogP contribution in [-0.2, 0) is 19.1 Å². The number of carbonyl (C=O) groups is 2. The highest BCUT2D eigenvalue weighted by molar-refractivity contribution is 5.69. The molecular weight excluding hydrogens is 647 g/mol. The summed E-state index contributed by atoms with van der Waals surface area (Å²) >= 11 is 0. The second kappa shape index (κ2) is 42.6. The molecule has 0 aromatic carbocycles. The van der Waals surface area contributed by atoms with Gasteiger partial charge in [0.15, 0.2) is 0 Å². The largest absolute Gasteiger partial charge is 0.466 e. The van der Waals surface area contributed by atoms with E-state index in [0.717, 1.165) is 96.6 Å². The second-order valence-corrected chi connectivity index (χ2v) is 15.7. The molecule has 0 aromatic heterocycles. The molecular formula is C46H93NO5. The van der Waals surface area contributed by atoms with Crippen LogP contribution in [0.3, 0.4) is 0 Å². The molecule has 0 saturated heterocycles. The van der Waals surface area contributed by atoms with Gasteiger partial charge in [-0.2, -0.15) is 0 Å². The molecule has 6 heteroatoms. The van der Waals surface area contributed by atoms with Gasteiger partial charge in [-0.1, -0.05) is 169 Å². The van der Waals surface area contributed by atoms with Gasteiger partial charge in [-0.25, -0.2) is 0 Å². The van der Waals surface area contributed by atoms with Crippen LogP contribution in [0.5, 0.6) is 0 Å².